The van der Waals surface area contributed by atoms with Crippen LogP contribution in [0, 0.1) is 5.82 Å². The average molecular weight is 369 g/mol. The predicted octanol–water partition coefficient (Wildman–Crippen LogP) is 3.71. The third kappa shape index (κ3) is 4.59. The number of amides is 1. The molecule has 0 saturated carbocycles. The highest BCUT2D eigenvalue weighted by molar-refractivity contribution is 5.82. The molecule has 1 N–H and O–H groups in total. The third-order valence-electron chi connectivity index (χ3n) is 5.24. The van der Waals surface area contributed by atoms with E-state index in [1.807, 2.05) is 4.90 Å². The maximum absolute atomic E-state index is 13.1. The summed E-state index contributed by atoms with van der Waals surface area (Å²) in [5.74, 6) is -0.0980. The Kier molecular flexibility index (Phi) is 6.32. The normalized spacial score (nSPS) is 14.3. The summed E-state index contributed by atoms with van der Waals surface area (Å²) in [7, 11) is 0. The minimum Gasteiger partial charge on any atom is -0.376 e. The van der Waals surface area contributed by atoms with E-state index < -0.39 is 0 Å². The van der Waals surface area contributed by atoms with Crippen LogP contribution in [0.3, 0.4) is 0 Å². The van der Waals surface area contributed by atoms with Crippen LogP contribution in [0.2, 0.25) is 0 Å². The molecule has 0 bridgehead atoms. The lowest BCUT2D eigenvalue weighted by molar-refractivity contribution is -0.129. The molecule has 1 aliphatic heterocycles. The molecule has 2 aromatic rings. The zero-order valence-corrected chi connectivity index (χ0v) is 16.2. The maximum Gasteiger partial charge on any atom is 0.241 e. The zero-order chi connectivity index (χ0) is 19.2. The lowest BCUT2D eigenvalue weighted by atomic mass is 10.0. The van der Waals surface area contributed by atoms with E-state index in [1.165, 1.54) is 23.3 Å². The van der Waals surface area contributed by atoms with Crippen LogP contribution < -0.4 is 10.2 Å². The van der Waals surface area contributed by atoms with E-state index in [9.17, 15) is 9.18 Å². The van der Waals surface area contributed by atoms with Gasteiger partial charge in [-0.25, -0.2) is 4.39 Å². The molecule has 1 saturated heterocycles. The number of rotatable bonds is 6. The highest BCUT2D eigenvalue weighted by atomic mass is 19.1. The van der Waals surface area contributed by atoms with Gasteiger partial charge in [0.05, 0.1) is 6.54 Å². The molecule has 0 aliphatic carbocycles. The summed E-state index contributed by atoms with van der Waals surface area (Å²) < 4.78 is 13.1. The summed E-state index contributed by atoms with van der Waals surface area (Å²) in [5.41, 5.74) is 4.62. The molecule has 27 heavy (non-hydrogen) atoms. The number of carbonyl (C=O) groups is 1. The molecule has 3 rings (SSSR count). The minimum absolute atomic E-state index is 0.127. The highest BCUT2D eigenvalue weighted by Crippen LogP contribution is 2.22. The Morgan fingerprint density at radius 2 is 1.56 bits per heavy atom. The molecular formula is C22H28FN3O. The van der Waals surface area contributed by atoms with Gasteiger partial charge in [-0.2, -0.15) is 0 Å². The fourth-order valence-corrected chi connectivity index (χ4v) is 3.61. The van der Waals surface area contributed by atoms with Crippen molar-refractivity contribution in [2.45, 2.75) is 26.7 Å². The van der Waals surface area contributed by atoms with Gasteiger partial charge in [-0.1, -0.05) is 32.0 Å². The Bertz CT molecular complexity index is 745. The summed E-state index contributed by atoms with van der Waals surface area (Å²) in [6.07, 6.45) is 1.89. The first-order valence-corrected chi connectivity index (χ1v) is 9.75. The Morgan fingerprint density at radius 1 is 0.963 bits per heavy atom. The van der Waals surface area contributed by atoms with Crippen molar-refractivity contribution in [1.29, 1.82) is 0 Å². The van der Waals surface area contributed by atoms with E-state index in [4.69, 9.17) is 0 Å². The second-order valence-electron chi connectivity index (χ2n) is 6.86. The van der Waals surface area contributed by atoms with Gasteiger partial charge in [-0.3, -0.25) is 4.79 Å². The quantitative estimate of drug-likeness (QED) is 0.843. The molecule has 0 spiro atoms. The number of hydrogen-bond donors (Lipinski definition) is 1. The van der Waals surface area contributed by atoms with E-state index in [1.54, 1.807) is 12.1 Å². The van der Waals surface area contributed by atoms with Gasteiger partial charge in [0.15, 0.2) is 0 Å². The number of piperazine rings is 1. The predicted molar refractivity (Wildman–Crippen MR) is 109 cm³/mol. The number of nitrogens with zero attached hydrogens (tertiary/aromatic N) is 2. The number of halogens is 1. The first-order chi connectivity index (χ1) is 13.1. The summed E-state index contributed by atoms with van der Waals surface area (Å²) in [5, 5.41) is 3.38. The number of para-hydroxylation sites is 1. The van der Waals surface area contributed by atoms with Gasteiger partial charge >= 0.3 is 0 Å². The first kappa shape index (κ1) is 19.2. The smallest absolute Gasteiger partial charge is 0.241 e. The van der Waals surface area contributed by atoms with E-state index >= 15 is 0 Å². The number of aryl methyl sites for hydroxylation is 2. The van der Waals surface area contributed by atoms with E-state index in [-0.39, 0.29) is 11.7 Å². The van der Waals surface area contributed by atoms with Gasteiger partial charge in [0, 0.05) is 37.6 Å². The van der Waals surface area contributed by atoms with Crippen molar-refractivity contribution < 1.29 is 9.18 Å². The van der Waals surface area contributed by atoms with Crippen LogP contribution >= 0.6 is 0 Å². The van der Waals surface area contributed by atoms with Crippen molar-refractivity contribution in [3.8, 4) is 0 Å². The average Bonchev–Trinajstić information content (AvgIpc) is 2.72. The van der Waals surface area contributed by atoms with E-state index in [2.05, 4.69) is 42.3 Å². The van der Waals surface area contributed by atoms with Gasteiger partial charge in [0.1, 0.15) is 5.82 Å². The summed E-state index contributed by atoms with van der Waals surface area (Å²) in [6.45, 7) is 7.50. The van der Waals surface area contributed by atoms with Crippen molar-refractivity contribution in [3.63, 3.8) is 0 Å². The number of anilines is 2. The Balaban J connectivity index is 1.55. The molecule has 1 aliphatic rings. The molecule has 0 unspecified atom stereocenters. The number of benzene rings is 2. The fraction of sp³-hybridized carbons (Fsp3) is 0.409. The number of carbonyl (C=O) groups excluding carboxylic acids is 1. The third-order valence-corrected chi connectivity index (χ3v) is 5.24. The molecular weight excluding hydrogens is 341 g/mol. The Hall–Kier alpha value is -2.56. The van der Waals surface area contributed by atoms with Gasteiger partial charge in [0.25, 0.3) is 0 Å². The lowest BCUT2D eigenvalue weighted by Gasteiger charge is -2.36. The van der Waals surface area contributed by atoms with Crippen molar-refractivity contribution in [2.75, 3.05) is 42.9 Å². The Morgan fingerprint density at radius 3 is 2.11 bits per heavy atom. The number of hydrogen-bond acceptors (Lipinski definition) is 3. The lowest BCUT2D eigenvalue weighted by Crippen LogP contribution is -2.50. The van der Waals surface area contributed by atoms with Crippen LogP contribution in [-0.4, -0.2) is 43.5 Å². The minimum atomic E-state index is -0.225. The van der Waals surface area contributed by atoms with E-state index in [0.29, 0.717) is 19.6 Å². The molecule has 1 heterocycles. The van der Waals surface area contributed by atoms with Crippen LogP contribution in [0.15, 0.2) is 42.5 Å². The topological polar surface area (TPSA) is 35.6 Å². The van der Waals surface area contributed by atoms with Crippen molar-refractivity contribution in [3.05, 3.63) is 59.4 Å². The summed E-state index contributed by atoms with van der Waals surface area (Å²) in [6, 6.07) is 12.9. The molecule has 5 heteroatoms. The molecule has 0 radical (unpaired) electrons. The van der Waals surface area contributed by atoms with Crippen molar-refractivity contribution in [2.24, 2.45) is 0 Å². The van der Waals surface area contributed by atoms with Crippen LogP contribution in [0.5, 0.6) is 0 Å². The second kappa shape index (κ2) is 8.89. The summed E-state index contributed by atoms with van der Waals surface area (Å²) >= 11 is 0. The van der Waals surface area contributed by atoms with Gasteiger partial charge in [-0.15, -0.1) is 0 Å². The maximum atomic E-state index is 13.1. The molecule has 1 fully saturated rings. The molecule has 0 atom stereocenters. The highest BCUT2D eigenvalue weighted by Gasteiger charge is 2.21. The standard InChI is InChI=1S/C22H28FN3O/c1-3-17-6-5-7-18(4-2)22(17)24-16-21(27)26-14-12-25(13-15-26)20-10-8-19(23)9-11-20/h5-11,24H,3-4,12-16H2,1-2H3. The first-order valence-electron chi connectivity index (χ1n) is 9.75. The zero-order valence-electron chi connectivity index (χ0n) is 16.2. The van der Waals surface area contributed by atoms with Gasteiger partial charge < -0.3 is 15.1 Å². The van der Waals surface area contributed by atoms with Crippen LogP contribution in [0.1, 0.15) is 25.0 Å². The van der Waals surface area contributed by atoms with Crippen LogP contribution in [-0.2, 0) is 17.6 Å². The Labute approximate surface area is 161 Å². The van der Waals surface area contributed by atoms with Gasteiger partial charge in [-0.05, 0) is 48.2 Å². The monoisotopic (exact) mass is 369 g/mol. The van der Waals surface area contributed by atoms with Gasteiger partial charge in [0.2, 0.25) is 5.91 Å². The molecule has 144 valence electrons. The molecule has 1 amide bonds. The molecule has 2 aromatic carbocycles. The molecule has 4 nitrogen and oxygen atoms in total. The van der Waals surface area contributed by atoms with Crippen LogP contribution in [0.25, 0.3) is 0 Å². The fourth-order valence-electron chi connectivity index (χ4n) is 3.61. The SMILES string of the molecule is CCc1cccc(CC)c1NCC(=O)N1CCN(c2ccc(F)cc2)CC1. The van der Waals surface area contributed by atoms with E-state index in [0.717, 1.165) is 37.3 Å². The van der Waals surface area contributed by atoms with Crippen LogP contribution in [0.4, 0.5) is 15.8 Å². The molecule has 0 aromatic heterocycles. The largest absolute Gasteiger partial charge is 0.376 e. The number of nitrogens with one attached hydrogen (secondary N) is 1. The van der Waals surface area contributed by atoms with Crippen molar-refractivity contribution in [1.82, 2.24) is 4.90 Å². The second-order valence-corrected chi connectivity index (χ2v) is 6.86. The van der Waals surface area contributed by atoms with Crippen molar-refractivity contribution >= 4 is 17.3 Å². The summed E-state index contributed by atoms with van der Waals surface area (Å²) in [4.78, 5) is 16.8.